The molecule has 0 fully saturated rings. The lowest BCUT2D eigenvalue weighted by Crippen LogP contribution is -2.19. The number of rotatable bonds is 7. The van der Waals surface area contributed by atoms with E-state index in [2.05, 4.69) is 4.99 Å². The van der Waals surface area contributed by atoms with Gasteiger partial charge < -0.3 is 10.8 Å². The Morgan fingerprint density at radius 2 is 2.00 bits per heavy atom. The summed E-state index contributed by atoms with van der Waals surface area (Å²) in [6, 6.07) is 9.06. The molecule has 1 aromatic rings. The summed E-state index contributed by atoms with van der Waals surface area (Å²) in [6.45, 7) is 4.49. The zero-order chi connectivity index (χ0) is 15.2. The molecule has 3 N–H and O–H groups in total. The Balaban J connectivity index is 0.00000172. The second-order valence-electron chi connectivity index (χ2n) is 3.85. The van der Waals surface area contributed by atoms with Crippen LogP contribution in [0.5, 0.6) is 0 Å². The van der Waals surface area contributed by atoms with Crippen molar-refractivity contribution in [2.75, 3.05) is 6.54 Å². The molecule has 0 spiro atoms. The van der Waals surface area contributed by atoms with Gasteiger partial charge in [-0.15, -0.1) is 0 Å². The molecule has 1 aromatic carbocycles. The molecule has 110 valence electrons. The maximum atomic E-state index is 10.9. The van der Waals surface area contributed by atoms with Crippen molar-refractivity contribution in [1.82, 2.24) is 0 Å². The van der Waals surface area contributed by atoms with Gasteiger partial charge >= 0.3 is 5.97 Å². The first kappa shape index (κ1) is 18.1. The van der Waals surface area contributed by atoms with Crippen molar-refractivity contribution in [2.45, 2.75) is 32.7 Å². The number of allylic oxidation sites excluding steroid dienone is 1. The number of carbonyl (C=O) groups is 1. The molecule has 0 aromatic heterocycles. The number of benzene rings is 1. The largest absolute Gasteiger partial charge is 0.480 e. The van der Waals surface area contributed by atoms with Crippen molar-refractivity contribution in [3.8, 4) is 0 Å². The van der Waals surface area contributed by atoms with Crippen molar-refractivity contribution >= 4 is 18.3 Å². The second-order valence-corrected chi connectivity index (χ2v) is 3.85. The molecule has 4 heteroatoms. The number of carboxylic acids is 1. The van der Waals surface area contributed by atoms with E-state index in [0.29, 0.717) is 19.4 Å². The van der Waals surface area contributed by atoms with Gasteiger partial charge in [0.1, 0.15) is 6.04 Å². The molecular formula is C16H24N2O2. The van der Waals surface area contributed by atoms with Crippen LogP contribution in [-0.4, -0.2) is 29.9 Å². The van der Waals surface area contributed by atoms with Crippen molar-refractivity contribution < 1.29 is 9.90 Å². The highest BCUT2D eigenvalue weighted by molar-refractivity contribution is 5.82. The average molecular weight is 276 g/mol. The van der Waals surface area contributed by atoms with Crippen LogP contribution in [0.1, 0.15) is 32.3 Å². The van der Waals surface area contributed by atoms with Gasteiger partial charge in [0.2, 0.25) is 0 Å². The summed E-state index contributed by atoms with van der Waals surface area (Å²) >= 11 is 0. The third-order valence-electron chi connectivity index (χ3n) is 2.41. The quantitative estimate of drug-likeness (QED) is 0.752. The van der Waals surface area contributed by atoms with Crippen LogP contribution in [-0.2, 0) is 4.79 Å². The number of carboxylic acid groups (broad SMARTS) is 1. The van der Waals surface area contributed by atoms with E-state index in [4.69, 9.17) is 10.8 Å². The fraction of sp³-hybridized carbons (Fsp3) is 0.375. The Morgan fingerprint density at radius 3 is 2.55 bits per heavy atom. The highest BCUT2D eigenvalue weighted by Crippen LogP contribution is 2.02. The van der Waals surface area contributed by atoms with E-state index in [-0.39, 0.29) is 0 Å². The fourth-order valence-electron chi connectivity index (χ4n) is 1.44. The van der Waals surface area contributed by atoms with Crippen LogP contribution >= 0.6 is 0 Å². The van der Waals surface area contributed by atoms with Crippen LogP contribution in [0.25, 0.3) is 6.08 Å². The van der Waals surface area contributed by atoms with Gasteiger partial charge in [-0.1, -0.05) is 50.3 Å². The van der Waals surface area contributed by atoms with E-state index in [1.807, 2.05) is 50.3 Å². The number of nitrogens with zero attached hydrogens (tertiary/aromatic N) is 1. The number of hydrogen-bond acceptors (Lipinski definition) is 3. The maximum Gasteiger partial charge on any atom is 0.328 e. The van der Waals surface area contributed by atoms with Gasteiger partial charge in [0.05, 0.1) is 0 Å². The third-order valence-corrected chi connectivity index (χ3v) is 2.41. The lowest BCUT2D eigenvalue weighted by molar-refractivity contribution is -0.138. The molecule has 1 atom stereocenters. The van der Waals surface area contributed by atoms with Crippen LogP contribution in [0.15, 0.2) is 41.4 Å². The minimum absolute atomic E-state index is 0.474. The van der Waals surface area contributed by atoms with Crippen LogP contribution < -0.4 is 5.73 Å². The average Bonchev–Trinajstić information content (AvgIpc) is 2.49. The van der Waals surface area contributed by atoms with E-state index < -0.39 is 12.0 Å². The Bertz CT molecular complexity index is 414. The van der Waals surface area contributed by atoms with E-state index in [9.17, 15) is 4.79 Å². The summed E-state index contributed by atoms with van der Waals surface area (Å²) < 4.78 is 0. The predicted molar refractivity (Wildman–Crippen MR) is 85.0 cm³/mol. The van der Waals surface area contributed by atoms with Crippen LogP contribution in [0, 0.1) is 0 Å². The lowest BCUT2D eigenvalue weighted by Gasteiger charge is -2.04. The van der Waals surface area contributed by atoms with Gasteiger partial charge in [-0.05, 0) is 31.0 Å². The fourth-order valence-corrected chi connectivity index (χ4v) is 1.44. The molecule has 1 rings (SSSR count). The van der Waals surface area contributed by atoms with E-state index >= 15 is 0 Å². The van der Waals surface area contributed by atoms with E-state index in [1.54, 1.807) is 6.08 Å². The Hall–Kier alpha value is -1.94. The summed E-state index contributed by atoms with van der Waals surface area (Å²) in [4.78, 5) is 14.9. The first-order valence-electron chi connectivity index (χ1n) is 6.92. The summed E-state index contributed by atoms with van der Waals surface area (Å²) in [5, 5.41) is 8.94. The number of hydrogen-bond donors (Lipinski definition) is 2. The van der Waals surface area contributed by atoms with Gasteiger partial charge in [-0.25, -0.2) is 4.79 Å². The minimum atomic E-state index is -0.909. The molecule has 0 aliphatic heterocycles. The molecule has 0 heterocycles. The SMILES string of the molecule is CC.NCCCC(N=C/C=C/c1ccccc1)C(=O)O. The molecule has 0 bridgehead atoms. The Morgan fingerprint density at radius 1 is 1.35 bits per heavy atom. The first-order chi connectivity index (χ1) is 9.74. The second kappa shape index (κ2) is 12.1. The van der Waals surface area contributed by atoms with Gasteiger partial charge in [0, 0.05) is 6.21 Å². The van der Waals surface area contributed by atoms with Gasteiger partial charge in [-0.2, -0.15) is 0 Å². The van der Waals surface area contributed by atoms with Gasteiger partial charge in [0.15, 0.2) is 0 Å². The highest BCUT2D eigenvalue weighted by atomic mass is 16.4. The number of nitrogens with two attached hydrogens (primary N) is 1. The van der Waals surface area contributed by atoms with Crippen molar-refractivity contribution in [3.05, 3.63) is 42.0 Å². The van der Waals surface area contributed by atoms with Crippen molar-refractivity contribution in [1.29, 1.82) is 0 Å². The molecule has 0 saturated heterocycles. The third kappa shape index (κ3) is 8.21. The van der Waals surface area contributed by atoms with Crippen LogP contribution in [0.2, 0.25) is 0 Å². The Labute approximate surface area is 121 Å². The molecule has 4 nitrogen and oxygen atoms in total. The highest BCUT2D eigenvalue weighted by Gasteiger charge is 2.13. The smallest absolute Gasteiger partial charge is 0.328 e. The monoisotopic (exact) mass is 276 g/mol. The predicted octanol–water partition coefficient (Wildman–Crippen LogP) is 2.99. The topological polar surface area (TPSA) is 75.7 Å². The van der Waals surface area contributed by atoms with Crippen LogP contribution in [0.4, 0.5) is 0 Å². The molecule has 0 radical (unpaired) electrons. The maximum absolute atomic E-state index is 10.9. The number of aliphatic imine (C=N–C) groups is 1. The first-order valence-corrected chi connectivity index (χ1v) is 6.92. The normalized spacial score (nSPS) is 12.2. The molecule has 1 unspecified atom stereocenters. The molecule has 0 aliphatic carbocycles. The summed E-state index contributed by atoms with van der Waals surface area (Å²) in [5.41, 5.74) is 6.40. The standard InChI is InChI=1S/C14H18N2O2.C2H6/c15-10-4-9-13(14(17)18)16-11-5-8-12-6-2-1-3-7-12;1-2/h1-3,5-8,11,13H,4,9-10,15H2,(H,17,18);1-2H3/b8-5+,16-11?;. The zero-order valence-electron chi connectivity index (χ0n) is 12.2. The zero-order valence-corrected chi connectivity index (χ0v) is 12.2. The molecular weight excluding hydrogens is 252 g/mol. The van der Waals surface area contributed by atoms with Crippen LogP contribution in [0.3, 0.4) is 0 Å². The molecule has 0 saturated carbocycles. The molecule has 0 aliphatic rings. The minimum Gasteiger partial charge on any atom is -0.480 e. The van der Waals surface area contributed by atoms with E-state index in [1.165, 1.54) is 6.21 Å². The van der Waals surface area contributed by atoms with E-state index in [0.717, 1.165) is 5.56 Å². The Kier molecular flexibility index (Phi) is 10.9. The summed E-state index contributed by atoms with van der Waals surface area (Å²) in [5.74, 6) is -0.909. The van der Waals surface area contributed by atoms with Crippen molar-refractivity contribution in [2.24, 2.45) is 10.7 Å². The molecule has 20 heavy (non-hydrogen) atoms. The van der Waals surface area contributed by atoms with Gasteiger partial charge in [0.25, 0.3) is 0 Å². The lowest BCUT2D eigenvalue weighted by atomic mass is 10.1. The van der Waals surface area contributed by atoms with Crippen molar-refractivity contribution in [3.63, 3.8) is 0 Å². The summed E-state index contributed by atoms with van der Waals surface area (Å²) in [7, 11) is 0. The number of aliphatic carboxylic acids is 1. The summed E-state index contributed by atoms with van der Waals surface area (Å²) in [6.07, 6.45) is 6.29. The van der Waals surface area contributed by atoms with Gasteiger partial charge in [-0.3, -0.25) is 4.99 Å². The molecule has 0 amide bonds.